The van der Waals surface area contributed by atoms with E-state index in [9.17, 15) is 9.59 Å². The molecule has 4 rings (SSSR count). The number of aromatic nitrogens is 7. The lowest BCUT2D eigenvalue weighted by atomic mass is 10.3. The summed E-state index contributed by atoms with van der Waals surface area (Å²) >= 11 is 0. The monoisotopic (exact) mass is 364 g/mol. The van der Waals surface area contributed by atoms with Gasteiger partial charge in [-0.05, 0) is 25.1 Å². The molecule has 0 spiro atoms. The molecular formula is C17H16N8O2. The molecule has 0 saturated carbocycles. The van der Waals surface area contributed by atoms with Gasteiger partial charge < -0.3 is 5.32 Å². The fraction of sp³-hybridized carbons (Fsp3) is 0.176. The van der Waals surface area contributed by atoms with Gasteiger partial charge in [0, 0.05) is 18.8 Å². The number of fused-ring (bicyclic) bond motifs is 1. The smallest absolute Gasteiger partial charge is 0.270 e. The Morgan fingerprint density at radius 1 is 1.22 bits per heavy atom. The zero-order valence-corrected chi connectivity index (χ0v) is 14.5. The van der Waals surface area contributed by atoms with E-state index in [1.165, 1.54) is 28.1 Å². The summed E-state index contributed by atoms with van der Waals surface area (Å²) in [5.74, 6) is 0.211. The van der Waals surface area contributed by atoms with E-state index in [-0.39, 0.29) is 24.6 Å². The van der Waals surface area contributed by atoms with Gasteiger partial charge in [-0.25, -0.2) is 19.3 Å². The molecule has 1 N–H and O–H groups in total. The number of imidazole rings is 1. The molecule has 4 aromatic heterocycles. The van der Waals surface area contributed by atoms with Crippen molar-refractivity contribution in [1.82, 2.24) is 39.2 Å². The van der Waals surface area contributed by atoms with Gasteiger partial charge in [-0.15, -0.1) is 5.10 Å². The Bertz CT molecular complexity index is 1160. The van der Waals surface area contributed by atoms with Crippen LogP contribution in [0.2, 0.25) is 0 Å². The molecule has 136 valence electrons. The number of nitrogens with zero attached hydrogens (tertiary/aromatic N) is 7. The van der Waals surface area contributed by atoms with Gasteiger partial charge >= 0.3 is 0 Å². The van der Waals surface area contributed by atoms with Crippen LogP contribution in [0, 0.1) is 6.92 Å². The molecule has 0 radical (unpaired) electrons. The highest BCUT2D eigenvalue weighted by molar-refractivity contribution is 5.94. The molecule has 0 aliphatic carbocycles. The number of pyridine rings is 1. The zero-order valence-electron chi connectivity index (χ0n) is 14.5. The van der Waals surface area contributed by atoms with Crippen LogP contribution in [0.15, 0.2) is 54.0 Å². The Balaban J connectivity index is 1.48. The molecule has 1 amide bonds. The third kappa shape index (κ3) is 3.19. The van der Waals surface area contributed by atoms with E-state index in [1.54, 1.807) is 23.6 Å². The van der Waals surface area contributed by atoms with Gasteiger partial charge in [0.05, 0.1) is 12.2 Å². The summed E-state index contributed by atoms with van der Waals surface area (Å²) in [6.45, 7) is 2.25. The molecule has 0 saturated heterocycles. The van der Waals surface area contributed by atoms with Crippen LogP contribution in [0.1, 0.15) is 16.2 Å². The van der Waals surface area contributed by atoms with Crippen LogP contribution in [0.3, 0.4) is 0 Å². The van der Waals surface area contributed by atoms with E-state index in [1.807, 2.05) is 18.2 Å². The fourth-order valence-corrected chi connectivity index (χ4v) is 2.79. The first kappa shape index (κ1) is 16.6. The molecule has 10 heteroatoms. The summed E-state index contributed by atoms with van der Waals surface area (Å²) in [5.41, 5.74) is 1.56. The van der Waals surface area contributed by atoms with Crippen LogP contribution in [0.25, 0.3) is 11.5 Å². The number of amides is 1. The molecule has 0 aromatic carbocycles. The minimum absolute atomic E-state index is 0.225. The van der Waals surface area contributed by atoms with Gasteiger partial charge in [0.15, 0.2) is 5.82 Å². The molecule has 4 heterocycles. The number of carbonyl (C=O) groups excluding carboxylic acids is 1. The first-order valence-electron chi connectivity index (χ1n) is 8.28. The highest BCUT2D eigenvalue weighted by atomic mass is 16.2. The first-order valence-corrected chi connectivity index (χ1v) is 8.28. The van der Waals surface area contributed by atoms with Gasteiger partial charge in [0.1, 0.15) is 24.0 Å². The maximum absolute atomic E-state index is 12.6. The number of hydrogen-bond acceptors (Lipinski definition) is 6. The van der Waals surface area contributed by atoms with Crippen molar-refractivity contribution < 1.29 is 4.79 Å². The van der Waals surface area contributed by atoms with E-state index >= 15 is 0 Å². The third-order valence-corrected chi connectivity index (χ3v) is 4.03. The van der Waals surface area contributed by atoms with Crippen LogP contribution in [-0.2, 0) is 6.54 Å². The second-order valence-corrected chi connectivity index (χ2v) is 5.82. The number of carbonyl (C=O) groups is 1. The Labute approximate surface area is 153 Å². The minimum atomic E-state index is -0.265. The van der Waals surface area contributed by atoms with Gasteiger partial charge in [-0.1, -0.05) is 6.07 Å². The Morgan fingerprint density at radius 2 is 2.11 bits per heavy atom. The molecular weight excluding hydrogens is 348 g/mol. The topological polar surface area (TPSA) is 112 Å². The van der Waals surface area contributed by atoms with Crippen molar-refractivity contribution in [3.05, 3.63) is 70.9 Å². The second kappa shape index (κ2) is 6.83. The molecule has 0 aliphatic heterocycles. The van der Waals surface area contributed by atoms with Crippen LogP contribution in [0.5, 0.6) is 0 Å². The average Bonchev–Trinajstić information content (AvgIpc) is 3.30. The van der Waals surface area contributed by atoms with Gasteiger partial charge in [-0.3, -0.25) is 14.0 Å². The first-order chi connectivity index (χ1) is 13.1. The van der Waals surface area contributed by atoms with Crippen LogP contribution < -0.4 is 10.9 Å². The quantitative estimate of drug-likeness (QED) is 0.542. The molecule has 0 unspecified atom stereocenters. The van der Waals surface area contributed by atoms with Gasteiger partial charge in [0.2, 0.25) is 0 Å². The van der Waals surface area contributed by atoms with Crippen molar-refractivity contribution in [2.75, 3.05) is 6.54 Å². The van der Waals surface area contributed by atoms with Crippen molar-refractivity contribution in [2.24, 2.45) is 0 Å². The number of aryl methyl sites for hydroxylation is 1. The summed E-state index contributed by atoms with van der Waals surface area (Å²) in [4.78, 5) is 32.8. The minimum Gasteiger partial charge on any atom is -0.349 e. The lowest BCUT2D eigenvalue weighted by molar-refractivity contribution is 0.0945. The predicted octanol–water partition coefficient (Wildman–Crippen LogP) is 0.210. The van der Waals surface area contributed by atoms with Crippen molar-refractivity contribution in [2.45, 2.75) is 13.5 Å². The average molecular weight is 364 g/mol. The van der Waals surface area contributed by atoms with E-state index in [4.69, 9.17) is 0 Å². The van der Waals surface area contributed by atoms with Crippen LogP contribution in [0.4, 0.5) is 0 Å². The SMILES string of the molecule is Cc1nc2ccccn2c1C(=O)NCCn1nc(-n2cncn2)ccc1=O. The fourth-order valence-electron chi connectivity index (χ4n) is 2.79. The van der Waals surface area contributed by atoms with Gasteiger partial charge in [-0.2, -0.15) is 5.10 Å². The summed E-state index contributed by atoms with van der Waals surface area (Å²) in [7, 11) is 0. The number of nitrogens with one attached hydrogen (secondary N) is 1. The molecule has 4 aromatic rings. The molecule has 0 aliphatic rings. The summed E-state index contributed by atoms with van der Waals surface area (Å²) in [6, 6.07) is 8.50. The Morgan fingerprint density at radius 3 is 2.93 bits per heavy atom. The lowest BCUT2D eigenvalue weighted by Crippen LogP contribution is -2.33. The largest absolute Gasteiger partial charge is 0.349 e. The zero-order chi connectivity index (χ0) is 18.8. The summed E-state index contributed by atoms with van der Waals surface area (Å²) in [6.07, 6.45) is 4.67. The second-order valence-electron chi connectivity index (χ2n) is 5.82. The van der Waals surface area contributed by atoms with Crippen molar-refractivity contribution in [3.8, 4) is 5.82 Å². The Kier molecular flexibility index (Phi) is 4.21. The highest BCUT2D eigenvalue weighted by Gasteiger charge is 2.15. The van der Waals surface area contributed by atoms with Crippen molar-refractivity contribution in [3.63, 3.8) is 0 Å². The van der Waals surface area contributed by atoms with E-state index in [0.717, 1.165) is 0 Å². The van der Waals surface area contributed by atoms with Gasteiger partial charge in [0.25, 0.3) is 11.5 Å². The van der Waals surface area contributed by atoms with Crippen molar-refractivity contribution >= 4 is 11.6 Å². The Hall–Kier alpha value is -3.82. The number of rotatable bonds is 5. The maximum atomic E-state index is 12.6. The highest BCUT2D eigenvalue weighted by Crippen LogP contribution is 2.11. The van der Waals surface area contributed by atoms with E-state index in [2.05, 4.69) is 25.5 Å². The third-order valence-electron chi connectivity index (χ3n) is 4.03. The standard InChI is InChI=1S/C17H16N8O2/c1-12-16(23-8-3-2-4-13(23)21-12)17(27)19-7-9-24-15(26)6-5-14(22-24)25-11-18-10-20-25/h2-6,8,10-11H,7,9H2,1H3,(H,19,27). The molecule has 0 atom stereocenters. The predicted molar refractivity (Wildman–Crippen MR) is 95.7 cm³/mol. The van der Waals surface area contributed by atoms with Crippen LogP contribution >= 0.6 is 0 Å². The molecule has 0 bridgehead atoms. The summed E-state index contributed by atoms with van der Waals surface area (Å²) < 4.78 is 4.47. The normalized spacial score (nSPS) is 11.0. The number of hydrogen-bond donors (Lipinski definition) is 1. The van der Waals surface area contributed by atoms with E-state index in [0.29, 0.717) is 22.9 Å². The molecule has 10 nitrogen and oxygen atoms in total. The van der Waals surface area contributed by atoms with E-state index < -0.39 is 0 Å². The van der Waals surface area contributed by atoms with Crippen molar-refractivity contribution in [1.29, 1.82) is 0 Å². The lowest BCUT2D eigenvalue weighted by Gasteiger charge is -2.08. The summed E-state index contributed by atoms with van der Waals surface area (Å²) in [5, 5.41) is 11.0. The van der Waals surface area contributed by atoms with Crippen LogP contribution in [-0.4, -0.2) is 46.4 Å². The molecule has 27 heavy (non-hydrogen) atoms. The molecule has 0 fully saturated rings. The maximum Gasteiger partial charge on any atom is 0.270 e.